The van der Waals surface area contributed by atoms with E-state index in [0.717, 1.165) is 23.6 Å². The molecule has 92 valence electrons. The van der Waals surface area contributed by atoms with Crippen LogP contribution in [0.2, 0.25) is 0 Å². The fourth-order valence-corrected chi connectivity index (χ4v) is 2.38. The lowest BCUT2D eigenvalue weighted by Crippen LogP contribution is -2.07. The first kappa shape index (κ1) is 12.3. The minimum Gasteiger partial charge on any atom is -0.394 e. The fraction of sp³-hybridized carbons (Fsp3) is 0.417. The van der Waals surface area contributed by atoms with E-state index in [2.05, 4.69) is 16.4 Å². The first-order chi connectivity index (χ1) is 8.40. The van der Waals surface area contributed by atoms with Crippen LogP contribution in [0.25, 0.3) is 10.2 Å². The Balaban J connectivity index is 1.75. The second-order valence-electron chi connectivity index (χ2n) is 3.60. The molecule has 0 saturated heterocycles. The minimum absolute atomic E-state index is 0.0886. The van der Waals surface area contributed by atoms with E-state index >= 15 is 0 Å². The topological polar surface area (TPSA) is 54.4 Å². The molecule has 2 rings (SSSR count). The van der Waals surface area contributed by atoms with E-state index in [1.54, 1.807) is 11.3 Å². The third kappa shape index (κ3) is 3.66. The van der Waals surface area contributed by atoms with Crippen LogP contribution in [0.15, 0.2) is 24.3 Å². The molecule has 0 unspecified atom stereocenters. The van der Waals surface area contributed by atoms with Crippen molar-refractivity contribution in [2.45, 2.75) is 6.42 Å². The molecule has 0 atom stereocenters. The monoisotopic (exact) mass is 252 g/mol. The van der Waals surface area contributed by atoms with Gasteiger partial charge in [0.1, 0.15) is 0 Å². The molecule has 17 heavy (non-hydrogen) atoms. The van der Waals surface area contributed by atoms with Crippen molar-refractivity contribution in [1.82, 2.24) is 4.98 Å². The maximum atomic E-state index is 8.53. The first-order valence-corrected chi connectivity index (χ1v) is 6.50. The normalized spacial score (nSPS) is 10.9. The molecule has 5 heteroatoms. The zero-order chi connectivity index (χ0) is 11.9. The number of aliphatic hydroxyl groups is 1. The summed E-state index contributed by atoms with van der Waals surface area (Å²) in [7, 11) is 0. The number of aromatic nitrogens is 1. The summed E-state index contributed by atoms with van der Waals surface area (Å²) in [5, 5.41) is 12.8. The van der Waals surface area contributed by atoms with Crippen LogP contribution in [-0.4, -0.2) is 36.5 Å². The van der Waals surface area contributed by atoms with E-state index < -0.39 is 0 Å². The number of rotatable bonds is 7. The highest BCUT2D eigenvalue weighted by molar-refractivity contribution is 7.22. The number of nitrogens with zero attached hydrogens (tertiary/aromatic N) is 1. The average Bonchev–Trinajstić information content (AvgIpc) is 2.76. The Kier molecular flexibility index (Phi) is 4.73. The van der Waals surface area contributed by atoms with Gasteiger partial charge in [-0.15, -0.1) is 0 Å². The van der Waals surface area contributed by atoms with Crippen molar-refractivity contribution >= 4 is 26.7 Å². The third-order valence-electron chi connectivity index (χ3n) is 2.27. The summed E-state index contributed by atoms with van der Waals surface area (Å²) in [4.78, 5) is 4.47. The Morgan fingerprint density at radius 3 is 3.00 bits per heavy atom. The van der Waals surface area contributed by atoms with Crippen molar-refractivity contribution in [2.24, 2.45) is 0 Å². The molecule has 0 aliphatic rings. The smallest absolute Gasteiger partial charge is 0.183 e. The molecule has 0 amide bonds. The van der Waals surface area contributed by atoms with Gasteiger partial charge in [-0.25, -0.2) is 4.98 Å². The summed E-state index contributed by atoms with van der Waals surface area (Å²) in [6.07, 6.45) is 0.913. The van der Waals surface area contributed by atoms with E-state index in [4.69, 9.17) is 9.84 Å². The predicted octanol–water partition coefficient (Wildman–Crippen LogP) is 2.11. The van der Waals surface area contributed by atoms with Crippen molar-refractivity contribution in [2.75, 3.05) is 31.7 Å². The molecule has 0 fully saturated rings. The lowest BCUT2D eigenvalue weighted by molar-refractivity contribution is 0.0922. The van der Waals surface area contributed by atoms with Crippen LogP contribution < -0.4 is 5.32 Å². The molecule has 2 N–H and O–H groups in total. The third-order valence-corrected chi connectivity index (χ3v) is 3.27. The Morgan fingerprint density at radius 2 is 2.18 bits per heavy atom. The number of aliphatic hydroxyl groups excluding tert-OH is 1. The van der Waals surface area contributed by atoms with Gasteiger partial charge < -0.3 is 15.2 Å². The average molecular weight is 252 g/mol. The Bertz CT molecular complexity index is 425. The molecule has 4 nitrogen and oxygen atoms in total. The van der Waals surface area contributed by atoms with Crippen LogP contribution in [0.1, 0.15) is 6.42 Å². The van der Waals surface area contributed by atoms with E-state index in [9.17, 15) is 0 Å². The Morgan fingerprint density at radius 1 is 1.29 bits per heavy atom. The van der Waals surface area contributed by atoms with Gasteiger partial charge in [0.25, 0.3) is 0 Å². The van der Waals surface area contributed by atoms with Crippen LogP contribution in [0.3, 0.4) is 0 Å². The number of para-hydroxylation sites is 1. The van der Waals surface area contributed by atoms with Crippen molar-refractivity contribution < 1.29 is 9.84 Å². The van der Waals surface area contributed by atoms with E-state index in [0.29, 0.717) is 13.2 Å². The molecule has 0 aliphatic heterocycles. The minimum atomic E-state index is 0.0886. The van der Waals surface area contributed by atoms with Crippen molar-refractivity contribution in [1.29, 1.82) is 0 Å². The molecule has 0 saturated carbocycles. The van der Waals surface area contributed by atoms with Crippen LogP contribution in [0, 0.1) is 0 Å². The van der Waals surface area contributed by atoms with Crippen LogP contribution >= 0.6 is 11.3 Å². The number of hydrogen-bond donors (Lipinski definition) is 2. The number of anilines is 1. The first-order valence-electron chi connectivity index (χ1n) is 5.68. The number of fused-ring (bicyclic) bond motifs is 1. The SMILES string of the molecule is OCCOCCCNc1nc2ccccc2s1. The molecular formula is C12H16N2O2S. The molecule has 0 aliphatic carbocycles. The largest absolute Gasteiger partial charge is 0.394 e. The van der Waals surface area contributed by atoms with Gasteiger partial charge in [-0.3, -0.25) is 0 Å². The quantitative estimate of drug-likeness (QED) is 0.741. The molecule has 1 heterocycles. The maximum absolute atomic E-state index is 8.53. The molecule has 1 aromatic heterocycles. The number of nitrogens with one attached hydrogen (secondary N) is 1. The summed E-state index contributed by atoms with van der Waals surface area (Å²) >= 11 is 1.66. The highest BCUT2D eigenvalue weighted by atomic mass is 32.1. The molecule has 0 spiro atoms. The van der Waals surface area contributed by atoms with Gasteiger partial charge in [0.15, 0.2) is 5.13 Å². The predicted molar refractivity (Wildman–Crippen MR) is 70.6 cm³/mol. The van der Waals surface area contributed by atoms with Crippen molar-refractivity contribution in [3.05, 3.63) is 24.3 Å². The zero-order valence-electron chi connectivity index (χ0n) is 9.56. The Hall–Kier alpha value is -1.17. The van der Waals surface area contributed by atoms with Gasteiger partial charge in [-0.2, -0.15) is 0 Å². The molecule has 2 aromatic rings. The van der Waals surface area contributed by atoms with Crippen LogP contribution in [-0.2, 0) is 4.74 Å². The molecule has 1 aromatic carbocycles. The van der Waals surface area contributed by atoms with E-state index in [-0.39, 0.29) is 6.61 Å². The number of hydrogen-bond acceptors (Lipinski definition) is 5. The van der Waals surface area contributed by atoms with Gasteiger partial charge >= 0.3 is 0 Å². The van der Waals surface area contributed by atoms with E-state index in [1.165, 1.54) is 4.70 Å². The zero-order valence-corrected chi connectivity index (χ0v) is 10.4. The summed E-state index contributed by atoms with van der Waals surface area (Å²) in [5.74, 6) is 0. The summed E-state index contributed by atoms with van der Waals surface area (Å²) < 4.78 is 6.37. The van der Waals surface area contributed by atoms with Gasteiger partial charge in [-0.05, 0) is 18.6 Å². The van der Waals surface area contributed by atoms with Gasteiger partial charge in [0.2, 0.25) is 0 Å². The van der Waals surface area contributed by atoms with Crippen molar-refractivity contribution in [3.63, 3.8) is 0 Å². The highest BCUT2D eigenvalue weighted by Gasteiger charge is 2.01. The fourth-order valence-electron chi connectivity index (χ4n) is 1.48. The Labute approximate surface area is 104 Å². The number of ether oxygens (including phenoxy) is 1. The highest BCUT2D eigenvalue weighted by Crippen LogP contribution is 2.25. The summed E-state index contributed by atoms with van der Waals surface area (Å²) in [5.41, 5.74) is 1.04. The lowest BCUT2D eigenvalue weighted by atomic mass is 10.3. The number of thiazole rings is 1. The summed E-state index contributed by atoms with van der Waals surface area (Å²) in [6.45, 7) is 2.01. The standard InChI is InChI=1S/C12H16N2O2S/c15-7-9-16-8-3-6-13-12-14-10-4-1-2-5-11(10)17-12/h1-2,4-5,15H,3,6-9H2,(H,13,14). The van der Waals surface area contributed by atoms with E-state index in [1.807, 2.05) is 18.2 Å². The molecular weight excluding hydrogens is 236 g/mol. The second kappa shape index (κ2) is 6.54. The number of benzene rings is 1. The van der Waals surface area contributed by atoms with Crippen molar-refractivity contribution in [3.8, 4) is 0 Å². The maximum Gasteiger partial charge on any atom is 0.183 e. The summed E-state index contributed by atoms with van der Waals surface area (Å²) in [6, 6.07) is 8.10. The van der Waals surface area contributed by atoms with Gasteiger partial charge in [-0.1, -0.05) is 23.5 Å². The van der Waals surface area contributed by atoms with Gasteiger partial charge in [0.05, 0.1) is 23.4 Å². The van der Waals surface area contributed by atoms with Crippen LogP contribution in [0.4, 0.5) is 5.13 Å². The second-order valence-corrected chi connectivity index (χ2v) is 4.63. The van der Waals surface area contributed by atoms with Crippen LogP contribution in [0.5, 0.6) is 0 Å². The van der Waals surface area contributed by atoms with Gasteiger partial charge in [0, 0.05) is 13.2 Å². The lowest BCUT2D eigenvalue weighted by Gasteiger charge is -2.02. The molecule has 0 radical (unpaired) electrons. The molecule has 0 bridgehead atoms.